The minimum Gasteiger partial charge on any atom is -0.593 e. The summed E-state index contributed by atoms with van der Waals surface area (Å²) in [5, 5.41) is 36.4. The first-order chi connectivity index (χ1) is 14.4. The Hall–Kier alpha value is -2.96. The number of fused-ring (bicyclic) bond motifs is 1. The molecule has 0 radical (unpaired) electrons. The number of aromatic amines is 1. The van der Waals surface area contributed by atoms with E-state index in [0.29, 0.717) is 39.5 Å². The molecule has 9 nitrogen and oxygen atoms in total. The number of rotatable bonds is 6. The van der Waals surface area contributed by atoms with Crippen molar-refractivity contribution in [2.75, 3.05) is 5.32 Å². The van der Waals surface area contributed by atoms with E-state index >= 15 is 0 Å². The zero-order chi connectivity index (χ0) is 21.3. The molecule has 0 saturated carbocycles. The number of hydrogen-bond acceptors (Lipinski definition) is 8. The Morgan fingerprint density at radius 1 is 1.23 bits per heavy atom. The Morgan fingerprint density at radius 3 is 2.80 bits per heavy atom. The fraction of sp³-hybridized carbons (Fsp3) is 0.105. The smallest absolute Gasteiger partial charge is 0.488 e. The molecule has 0 spiro atoms. The topological polar surface area (TPSA) is 156 Å². The Balaban J connectivity index is 1.66. The van der Waals surface area contributed by atoms with Crippen LogP contribution < -0.4 is 15.9 Å². The van der Waals surface area contributed by atoms with Crippen molar-refractivity contribution in [1.29, 1.82) is 0 Å². The number of nitrogens with two attached hydrogens (primary N) is 1. The van der Waals surface area contributed by atoms with Crippen LogP contribution in [0, 0.1) is 6.92 Å². The van der Waals surface area contributed by atoms with Gasteiger partial charge in [-0.25, -0.2) is 4.98 Å². The molecule has 4 aromatic rings. The van der Waals surface area contributed by atoms with Crippen LogP contribution in [0.15, 0.2) is 53.6 Å². The van der Waals surface area contributed by atoms with Crippen LogP contribution in [-0.2, 0) is 17.9 Å². The number of aromatic nitrogens is 4. The van der Waals surface area contributed by atoms with Crippen molar-refractivity contribution < 1.29 is 14.6 Å². The van der Waals surface area contributed by atoms with E-state index in [1.165, 1.54) is 6.20 Å². The number of anilines is 1. The van der Waals surface area contributed by atoms with Gasteiger partial charge in [0, 0.05) is 12.2 Å². The van der Waals surface area contributed by atoms with Crippen LogP contribution in [0.3, 0.4) is 0 Å². The number of H-pyrrole nitrogens is 1. The van der Waals surface area contributed by atoms with Gasteiger partial charge in [-0.3, -0.25) is 0 Å². The molecule has 30 heavy (non-hydrogen) atoms. The number of nitrogens with one attached hydrogen (secondary N) is 2. The molecule has 1 unspecified atom stereocenters. The van der Waals surface area contributed by atoms with Gasteiger partial charge in [-0.05, 0) is 30.1 Å². The molecule has 4 rings (SSSR count). The van der Waals surface area contributed by atoms with Crippen molar-refractivity contribution in [2.45, 2.75) is 18.4 Å². The van der Waals surface area contributed by atoms with Crippen LogP contribution in [0.4, 0.5) is 5.82 Å². The first-order valence-corrected chi connectivity index (χ1v) is 10.3. The third-order valence-corrected chi connectivity index (χ3v) is 5.47. The Labute approximate surface area is 175 Å². The summed E-state index contributed by atoms with van der Waals surface area (Å²) in [7, 11) is -1.52. The molecule has 2 heterocycles. The zero-order valence-corrected chi connectivity index (χ0v) is 16.8. The van der Waals surface area contributed by atoms with Gasteiger partial charge in [0.05, 0.1) is 34.0 Å². The molecule has 2 aromatic heterocycles. The highest BCUT2D eigenvalue weighted by Crippen LogP contribution is 2.34. The maximum absolute atomic E-state index is 12.0. The van der Waals surface area contributed by atoms with Crippen LogP contribution in [0.5, 0.6) is 0 Å². The van der Waals surface area contributed by atoms with Gasteiger partial charge in [-0.2, -0.15) is 5.10 Å². The summed E-state index contributed by atoms with van der Waals surface area (Å²) < 4.78 is 12.0. The molecule has 0 bridgehead atoms. The van der Waals surface area contributed by atoms with Gasteiger partial charge in [-0.1, -0.05) is 30.3 Å². The summed E-state index contributed by atoms with van der Waals surface area (Å²) in [4.78, 5) is 8.30. The number of benzene rings is 2. The summed E-state index contributed by atoms with van der Waals surface area (Å²) in [6.45, 7) is 2.29. The van der Waals surface area contributed by atoms with Gasteiger partial charge in [-0.15, -0.1) is 10.2 Å². The summed E-state index contributed by atoms with van der Waals surface area (Å²) in [6.07, 6.45) is 1.50. The first kappa shape index (κ1) is 20.3. The zero-order valence-electron chi connectivity index (χ0n) is 16.0. The normalized spacial score (nSPS) is 12.2. The molecule has 0 saturated heterocycles. The summed E-state index contributed by atoms with van der Waals surface area (Å²) >= 11 is -1.67. The van der Waals surface area contributed by atoms with Gasteiger partial charge < -0.3 is 24.9 Å². The maximum Gasteiger partial charge on any atom is 0.488 e. The molecule has 0 amide bonds. The molecule has 0 fully saturated rings. The van der Waals surface area contributed by atoms with E-state index in [1.807, 2.05) is 19.1 Å². The highest BCUT2D eigenvalue weighted by molar-refractivity contribution is 7.89. The molecule has 152 valence electrons. The molecule has 2 aromatic carbocycles. The van der Waals surface area contributed by atoms with Crippen molar-refractivity contribution in [1.82, 2.24) is 20.2 Å². The molecule has 1 atom stereocenters. The van der Waals surface area contributed by atoms with Gasteiger partial charge in [0.1, 0.15) is 5.82 Å². The van der Waals surface area contributed by atoms with Crippen LogP contribution in [0.1, 0.15) is 11.3 Å². The predicted molar refractivity (Wildman–Crippen MR) is 116 cm³/mol. The second-order valence-corrected chi connectivity index (χ2v) is 7.77. The van der Waals surface area contributed by atoms with Gasteiger partial charge in [0.25, 0.3) is 0 Å². The minimum atomic E-state index is -1.67. The monoisotopic (exact) mass is 422 g/mol. The molecular weight excluding hydrogens is 403 g/mol. The third-order valence-electron chi connectivity index (χ3n) is 4.70. The fourth-order valence-corrected chi connectivity index (χ4v) is 3.97. The molecule has 11 heteroatoms. The van der Waals surface area contributed by atoms with Crippen molar-refractivity contribution in [3.05, 3.63) is 59.9 Å². The summed E-state index contributed by atoms with van der Waals surface area (Å²) in [6, 6.07) is 12.3. The highest BCUT2D eigenvalue weighted by atomic mass is 32.2. The number of aryl methyl sites for hydroxylation is 1. The average molecular weight is 422 g/mol. The van der Waals surface area contributed by atoms with Crippen LogP contribution in [0.2, 0.25) is 0 Å². The Bertz CT molecular complexity index is 1200. The Morgan fingerprint density at radius 2 is 2.03 bits per heavy atom. The van der Waals surface area contributed by atoms with E-state index in [-0.39, 0.29) is 0 Å². The van der Waals surface area contributed by atoms with E-state index in [1.54, 1.807) is 30.3 Å². The average Bonchev–Trinajstić information content (AvgIpc) is 3.08. The summed E-state index contributed by atoms with van der Waals surface area (Å²) in [5.74, 6) is 0.872. The van der Waals surface area contributed by atoms with E-state index < -0.39 is 18.5 Å². The lowest BCUT2D eigenvalue weighted by Gasteiger charge is -2.09. The Kier molecular flexibility index (Phi) is 5.70. The molecule has 0 aliphatic heterocycles. The lowest BCUT2D eigenvalue weighted by Crippen LogP contribution is -2.30. The second kappa shape index (κ2) is 8.42. The first-order valence-electron chi connectivity index (χ1n) is 9.10. The van der Waals surface area contributed by atoms with E-state index in [2.05, 4.69) is 25.5 Å². The lowest BCUT2D eigenvalue weighted by molar-refractivity contribution is 0.425. The molecule has 0 aliphatic carbocycles. The van der Waals surface area contributed by atoms with Crippen LogP contribution in [-0.4, -0.2) is 41.9 Å². The van der Waals surface area contributed by atoms with Gasteiger partial charge >= 0.3 is 7.12 Å². The predicted octanol–water partition coefficient (Wildman–Crippen LogP) is 0.602. The third kappa shape index (κ3) is 4.02. The van der Waals surface area contributed by atoms with Crippen LogP contribution in [0.25, 0.3) is 22.3 Å². The van der Waals surface area contributed by atoms with Gasteiger partial charge in [0.2, 0.25) is 0 Å². The fourth-order valence-electron chi connectivity index (χ4n) is 3.34. The second-order valence-electron chi connectivity index (χ2n) is 6.74. The standard InChI is InChI=1S/C19H19BN6O3S/c1-11-17(18-14(24-11)6-3-7-15(18)30(21)29)19-25-16(10-23-26-19)22-9-12-4-2-5-13(8-12)20(27)28/h2-8,10,24,27-28H,9,21H2,1H3,(H,22,25,26). The summed E-state index contributed by atoms with van der Waals surface area (Å²) in [5.41, 5.74) is 3.56. The number of hydrogen-bond donors (Lipinski definition) is 5. The lowest BCUT2D eigenvalue weighted by atomic mass is 9.80. The van der Waals surface area contributed by atoms with Crippen molar-refractivity contribution in [3.8, 4) is 11.4 Å². The molecule has 6 N–H and O–H groups in total. The minimum absolute atomic E-state index is 0.376. The molecule has 0 aliphatic rings. The number of nitrogens with zero attached hydrogens (tertiary/aromatic N) is 3. The van der Waals surface area contributed by atoms with Gasteiger partial charge in [0.15, 0.2) is 10.7 Å². The quantitative estimate of drug-likeness (QED) is 0.223. The van der Waals surface area contributed by atoms with Crippen molar-refractivity contribution in [2.24, 2.45) is 5.14 Å². The van der Waals surface area contributed by atoms with Crippen molar-refractivity contribution in [3.63, 3.8) is 0 Å². The van der Waals surface area contributed by atoms with Crippen LogP contribution >= 0.6 is 0 Å². The van der Waals surface area contributed by atoms with Crippen molar-refractivity contribution >= 4 is 40.7 Å². The van der Waals surface area contributed by atoms with E-state index in [4.69, 9.17) is 5.14 Å². The molecular formula is C19H19BN6O3S. The SMILES string of the molecule is Cc1[nH]c2cccc([S+](N)[O-])c2c1-c1nncc(NCc2cccc(B(O)O)c2)n1. The highest BCUT2D eigenvalue weighted by Gasteiger charge is 2.22. The largest absolute Gasteiger partial charge is 0.593 e. The van der Waals surface area contributed by atoms with E-state index in [9.17, 15) is 14.6 Å². The maximum atomic E-state index is 12.0. The van der Waals surface area contributed by atoms with E-state index in [0.717, 1.165) is 16.8 Å².